The van der Waals surface area contributed by atoms with Gasteiger partial charge in [0.15, 0.2) is 0 Å². The van der Waals surface area contributed by atoms with Crippen LogP contribution in [-0.2, 0) is 6.42 Å². The zero-order chi connectivity index (χ0) is 13.5. The van der Waals surface area contributed by atoms with Crippen molar-refractivity contribution in [3.05, 3.63) is 29.3 Å². The monoisotopic (exact) mass is 249 g/mol. The minimum Gasteiger partial charge on any atom is -0.489 e. The Kier molecular flexibility index (Phi) is 3.39. The van der Waals surface area contributed by atoms with Crippen LogP contribution < -0.4 is 10.5 Å². The Morgan fingerprint density at radius 1 is 1.39 bits per heavy atom. The zero-order valence-electron chi connectivity index (χ0n) is 11.6. The maximum absolute atomic E-state index is 9.99. The Labute approximate surface area is 109 Å². The lowest BCUT2D eigenvalue weighted by Gasteiger charge is -2.25. The van der Waals surface area contributed by atoms with E-state index in [2.05, 4.69) is 20.8 Å². The lowest BCUT2D eigenvalue weighted by molar-refractivity contribution is 0.109. The molecule has 1 heterocycles. The summed E-state index contributed by atoms with van der Waals surface area (Å²) in [7, 11) is 0. The van der Waals surface area contributed by atoms with Crippen LogP contribution in [0, 0.1) is 5.41 Å². The van der Waals surface area contributed by atoms with Crippen LogP contribution in [0.4, 0.5) is 0 Å². The molecule has 0 aliphatic carbocycles. The predicted molar refractivity (Wildman–Crippen MR) is 72.6 cm³/mol. The van der Waals surface area contributed by atoms with Crippen LogP contribution in [0.5, 0.6) is 5.75 Å². The molecular weight excluding hydrogens is 226 g/mol. The maximum Gasteiger partial charge on any atom is 0.123 e. The van der Waals surface area contributed by atoms with Gasteiger partial charge in [-0.15, -0.1) is 0 Å². The molecule has 100 valence electrons. The van der Waals surface area contributed by atoms with Gasteiger partial charge in [-0.1, -0.05) is 26.8 Å². The van der Waals surface area contributed by atoms with Crippen molar-refractivity contribution in [2.45, 2.75) is 52.4 Å². The number of benzene rings is 1. The second-order valence-electron chi connectivity index (χ2n) is 6.35. The molecule has 18 heavy (non-hydrogen) atoms. The van der Waals surface area contributed by atoms with Crippen LogP contribution >= 0.6 is 0 Å². The molecule has 0 aromatic heterocycles. The summed E-state index contributed by atoms with van der Waals surface area (Å²) in [4.78, 5) is 0. The van der Waals surface area contributed by atoms with Crippen LogP contribution in [0.3, 0.4) is 0 Å². The van der Waals surface area contributed by atoms with Gasteiger partial charge in [0, 0.05) is 12.5 Å². The van der Waals surface area contributed by atoms with Gasteiger partial charge < -0.3 is 15.6 Å². The number of nitrogens with two attached hydrogens (primary N) is 1. The standard InChI is InChI=1S/C15H23NO2/c1-9(16)14(17)10-5-6-12-11(7-10)8-13(18-12)15(2,3)4/h5-7,9,13-14,17H,8,16H2,1-4H3. The van der Waals surface area contributed by atoms with Gasteiger partial charge in [0.1, 0.15) is 11.9 Å². The molecule has 3 atom stereocenters. The van der Waals surface area contributed by atoms with Crippen LogP contribution in [0.15, 0.2) is 18.2 Å². The average Bonchev–Trinajstić information content (AvgIpc) is 2.69. The first kappa shape index (κ1) is 13.4. The summed E-state index contributed by atoms with van der Waals surface area (Å²) in [5.41, 5.74) is 7.90. The summed E-state index contributed by atoms with van der Waals surface area (Å²) in [5.74, 6) is 0.940. The van der Waals surface area contributed by atoms with Crippen molar-refractivity contribution in [3.63, 3.8) is 0 Å². The normalized spacial score (nSPS) is 22.2. The summed E-state index contributed by atoms with van der Waals surface area (Å²) in [6.45, 7) is 8.36. The smallest absolute Gasteiger partial charge is 0.123 e. The Hall–Kier alpha value is -1.06. The van der Waals surface area contributed by atoms with Crippen molar-refractivity contribution in [3.8, 4) is 5.75 Å². The number of hydrogen-bond donors (Lipinski definition) is 2. The molecule has 3 unspecified atom stereocenters. The van der Waals surface area contributed by atoms with Crippen molar-refractivity contribution < 1.29 is 9.84 Å². The van der Waals surface area contributed by atoms with Crippen molar-refractivity contribution in [1.29, 1.82) is 0 Å². The Balaban J connectivity index is 2.22. The zero-order valence-corrected chi connectivity index (χ0v) is 11.6. The van der Waals surface area contributed by atoms with E-state index in [9.17, 15) is 5.11 Å². The highest BCUT2D eigenvalue weighted by Crippen LogP contribution is 2.37. The van der Waals surface area contributed by atoms with E-state index in [1.165, 1.54) is 5.56 Å². The third-order valence-electron chi connectivity index (χ3n) is 3.56. The van der Waals surface area contributed by atoms with E-state index in [1.54, 1.807) is 0 Å². The lowest BCUT2D eigenvalue weighted by Crippen LogP contribution is -2.30. The van der Waals surface area contributed by atoms with Crippen LogP contribution in [0.2, 0.25) is 0 Å². The van der Waals surface area contributed by atoms with Gasteiger partial charge in [0.2, 0.25) is 0 Å². The third kappa shape index (κ3) is 2.52. The molecule has 1 aromatic rings. The first-order valence-electron chi connectivity index (χ1n) is 6.52. The fourth-order valence-electron chi connectivity index (χ4n) is 2.24. The summed E-state index contributed by atoms with van der Waals surface area (Å²) in [6.07, 6.45) is 0.498. The highest BCUT2D eigenvalue weighted by Gasteiger charge is 2.33. The fraction of sp³-hybridized carbons (Fsp3) is 0.600. The summed E-state index contributed by atoms with van der Waals surface area (Å²) < 4.78 is 5.95. The molecular formula is C15H23NO2. The van der Waals surface area contributed by atoms with Gasteiger partial charge in [-0.05, 0) is 35.6 Å². The fourth-order valence-corrected chi connectivity index (χ4v) is 2.24. The minimum atomic E-state index is -0.607. The lowest BCUT2D eigenvalue weighted by atomic mass is 9.86. The van der Waals surface area contributed by atoms with E-state index in [4.69, 9.17) is 10.5 Å². The highest BCUT2D eigenvalue weighted by molar-refractivity contribution is 5.42. The van der Waals surface area contributed by atoms with E-state index in [-0.39, 0.29) is 17.6 Å². The second kappa shape index (κ2) is 4.56. The topological polar surface area (TPSA) is 55.5 Å². The second-order valence-corrected chi connectivity index (χ2v) is 6.35. The molecule has 1 aliphatic heterocycles. The van der Waals surface area contributed by atoms with Crippen LogP contribution in [0.25, 0.3) is 0 Å². The van der Waals surface area contributed by atoms with Crippen molar-refractivity contribution in [2.24, 2.45) is 11.1 Å². The Bertz CT molecular complexity index is 435. The van der Waals surface area contributed by atoms with Gasteiger partial charge >= 0.3 is 0 Å². The maximum atomic E-state index is 9.99. The molecule has 0 saturated heterocycles. The van der Waals surface area contributed by atoms with E-state index in [0.717, 1.165) is 17.7 Å². The molecule has 0 fully saturated rings. The molecule has 0 spiro atoms. The third-order valence-corrected chi connectivity index (χ3v) is 3.56. The largest absolute Gasteiger partial charge is 0.489 e. The highest BCUT2D eigenvalue weighted by atomic mass is 16.5. The molecule has 3 heteroatoms. The number of rotatable bonds is 2. The summed E-state index contributed by atoms with van der Waals surface area (Å²) >= 11 is 0. The molecule has 0 bridgehead atoms. The number of aliphatic hydroxyl groups excluding tert-OH is 1. The van der Waals surface area contributed by atoms with E-state index in [0.29, 0.717) is 0 Å². The molecule has 0 radical (unpaired) electrons. The molecule has 2 rings (SSSR count). The van der Waals surface area contributed by atoms with Gasteiger partial charge in [0.05, 0.1) is 6.10 Å². The molecule has 1 aromatic carbocycles. The quantitative estimate of drug-likeness (QED) is 0.846. The van der Waals surface area contributed by atoms with Crippen molar-refractivity contribution >= 4 is 0 Å². The number of hydrogen-bond acceptors (Lipinski definition) is 3. The van der Waals surface area contributed by atoms with Crippen LogP contribution in [0.1, 0.15) is 44.9 Å². The first-order valence-corrected chi connectivity index (χ1v) is 6.52. The SMILES string of the molecule is CC(N)C(O)c1ccc2c(c1)CC(C(C)(C)C)O2. The summed E-state index contributed by atoms with van der Waals surface area (Å²) in [6, 6.07) is 5.61. The average molecular weight is 249 g/mol. The first-order chi connectivity index (χ1) is 8.29. The molecule has 0 saturated carbocycles. The predicted octanol–water partition coefficient (Wildman–Crippen LogP) is 2.42. The Morgan fingerprint density at radius 2 is 2.06 bits per heavy atom. The van der Waals surface area contributed by atoms with E-state index in [1.807, 2.05) is 25.1 Å². The minimum absolute atomic E-state index is 0.124. The van der Waals surface area contributed by atoms with E-state index >= 15 is 0 Å². The van der Waals surface area contributed by atoms with Crippen molar-refractivity contribution in [2.75, 3.05) is 0 Å². The van der Waals surface area contributed by atoms with Gasteiger partial charge in [-0.2, -0.15) is 0 Å². The molecule has 1 aliphatic rings. The van der Waals surface area contributed by atoms with Gasteiger partial charge in [0.25, 0.3) is 0 Å². The van der Waals surface area contributed by atoms with Crippen molar-refractivity contribution in [1.82, 2.24) is 0 Å². The van der Waals surface area contributed by atoms with E-state index < -0.39 is 6.10 Å². The van der Waals surface area contributed by atoms with Gasteiger partial charge in [-0.25, -0.2) is 0 Å². The molecule has 3 nitrogen and oxygen atoms in total. The van der Waals surface area contributed by atoms with Crippen LogP contribution in [-0.4, -0.2) is 17.3 Å². The molecule has 0 amide bonds. The van der Waals surface area contributed by atoms with Gasteiger partial charge in [-0.3, -0.25) is 0 Å². The number of fused-ring (bicyclic) bond motifs is 1. The number of aliphatic hydroxyl groups is 1. The summed E-state index contributed by atoms with van der Waals surface area (Å²) in [5, 5.41) is 9.99. The number of ether oxygens (including phenoxy) is 1. The molecule has 3 N–H and O–H groups in total. The Morgan fingerprint density at radius 3 is 2.61 bits per heavy atom.